The lowest BCUT2D eigenvalue weighted by Crippen LogP contribution is -2.46. The summed E-state index contributed by atoms with van der Waals surface area (Å²) >= 11 is 0. The van der Waals surface area contributed by atoms with Crippen LogP contribution in [0.2, 0.25) is 0 Å². The average Bonchev–Trinajstić information content (AvgIpc) is 3.38. The first-order valence-electron chi connectivity index (χ1n) is 11.8. The minimum absolute atomic E-state index is 0.0545. The number of carbonyl (C=O) groups excluding carboxylic acids is 2. The van der Waals surface area contributed by atoms with Crippen molar-refractivity contribution in [2.45, 2.75) is 32.0 Å². The lowest BCUT2D eigenvalue weighted by atomic mass is 9.86. The lowest BCUT2D eigenvalue weighted by Gasteiger charge is -2.29. The molecule has 2 amide bonds. The summed E-state index contributed by atoms with van der Waals surface area (Å²) in [6, 6.07) is 13.3. The van der Waals surface area contributed by atoms with Gasteiger partial charge in [-0.05, 0) is 35.7 Å². The lowest BCUT2D eigenvalue weighted by molar-refractivity contribution is -0.124. The Kier molecular flexibility index (Phi) is 8.78. The van der Waals surface area contributed by atoms with E-state index < -0.39 is 5.54 Å². The maximum Gasteiger partial charge on any atom is 0.255 e. The monoisotopic (exact) mass is 487 g/mol. The van der Waals surface area contributed by atoms with E-state index in [1.807, 2.05) is 43.3 Å². The van der Waals surface area contributed by atoms with Crippen molar-refractivity contribution in [2.75, 3.05) is 20.2 Å². The second-order valence-electron chi connectivity index (χ2n) is 8.30. The van der Waals surface area contributed by atoms with Gasteiger partial charge in [-0.25, -0.2) is 0 Å². The molecule has 8 nitrogen and oxygen atoms in total. The molecule has 1 atom stereocenters. The Morgan fingerprint density at radius 1 is 1.11 bits per heavy atom. The first-order chi connectivity index (χ1) is 17.5. The predicted octanol–water partition coefficient (Wildman–Crippen LogP) is 3.59. The summed E-state index contributed by atoms with van der Waals surface area (Å²) in [7, 11) is 1.58. The smallest absolute Gasteiger partial charge is 0.255 e. The summed E-state index contributed by atoms with van der Waals surface area (Å²) in [6.45, 7) is 14.0. The van der Waals surface area contributed by atoms with Crippen LogP contribution in [0.3, 0.4) is 0 Å². The number of ether oxygens (including phenoxy) is 1. The molecular weight excluding hydrogens is 454 g/mol. The van der Waals surface area contributed by atoms with Gasteiger partial charge in [0.2, 0.25) is 0 Å². The number of aliphatic imine (C=N–C) groups is 2. The number of hydrogen-bond acceptors (Lipinski definition) is 6. The van der Waals surface area contributed by atoms with Crippen molar-refractivity contribution in [3.8, 4) is 5.75 Å². The maximum absolute atomic E-state index is 13.1. The van der Waals surface area contributed by atoms with E-state index in [2.05, 4.69) is 40.4 Å². The second-order valence-corrected chi connectivity index (χ2v) is 8.30. The Bertz CT molecular complexity index is 1170. The van der Waals surface area contributed by atoms with Crippen molar-refractivity contribution in [3.05, 3.63) is 90.3 Å². The predicted molar refractivity (Wildman–Crippen MR) is 143 cm³/mol. The number of rotatable bonds is 9. The van der Waals surface area contributed by atoms with Gasteiger partial charge >= 0.3 is 0 Å². The van der Waals surface area contributed by atoms with Crippen LogP contribution in [0.15, 0.2) is 78.0 Å². The molecule has 188 valence electrons. The molecule has 4 rings (SSSR count). The number of hydrogen-bond donors (Lipinski definition) is 2. The highest BCUT2D eigenvalue weighted by Crippen LogP contribution is 2.33. The molecule has 1 saturated heterocycles. The van der Waals surface area contributed by atoms with Crippen molar-refractivity contribution in [2.24, 2.45) is 9.98 Å². The summed E-state index contributed by atoms with van der Waals surface area (Å²) in [5.74, 6) is 0.876. The molecule has 2 aliphatic rings. The van der Waals surface area contributed by atoms with Gasteiger partial charge in [-0.3, -0.25) is 19.6 Å². The fourth-order valence-corrected chi connectivity index (χ4v) is 4.32. The topological polar surface area (TPSA) is 95.4 Å². The summed E-state index contributed by atoms with van der Waals surface area (Å²) < 4.78 is 5.26. The Morgan fingerprint density at radius 3 is 2.47 bits per heavy atom. The van der Waals surface area contributed by atoms with Crippen LogP contribution in [0.1, 0.15) is 40.4 Å². The van der Waals surface area contributed by atoms with Crippen molar-refractivity contribution in [3.63, 3.8) is 0 Å². The zero-order chi connectivity index (χ0) is 26.1. The molecule has 0 bridgehead atoms. The zero-order valence-electron chi connectivity index (χ0n) is 20.9. The molecule has 0 saturated carbocycles. The Morgan fingerprint density at radius 2 is 1.83 bits per heavy atom. The highest BCUT2D eigenvalue weighted by Gasteiger charge is 2.46. The number of methoxy groups -OCH3 is 1. The van der Waals surface area contributed by atoms with E-state index in [9.17, 15) is 9.59 Å². The first-order valence-corrected chi connectivity index (χ1v) is 11.8. The SMILES string of the molecule is C=C.C=C1NC(=O)[C@@](CCN2Cc3ccc(OC)cc3C2=O)(c2ccc(CN=CC=NCC)cc2)N1. The summed E-state index contributed by atoms with van der Waals surface area (Å²) in [6.07, 6.45) is 3.78. The Labute approximate surface area is 212 Å². The molecule has 8 heteroatoms. The molecule has 2 aromatic rings. The van der Waals surface area contributed by atoms with E-state index >= 15 is 0 Å². The normalized spacial score (nSPS) is 18.7. The third kappa shape index (κ3) is 5.54. The molecule has 2 aliphatic heterocycles. The zero-order valence-corrected chi connectivity index (χ0v) is 20.9. The molecule has 0 spiro atoms. The van der Waals surface area contributed by atoms with E-state index in [4.69, 9.17) is 4.74 Å². The minimum Gasteiger partial charge on any atom is -0.497 e. The molecule has 0 aliphatic carbocycles. The second kappa shape index (κ2) is 12.0. The first kappa shape index (κ1) is 26.4. The van der Waals surface area contributed by atoms with Crippen LogP contribution in [0.4, 0.5) is 0 Å². The van der Waals surface area contributed by atoms with E-state index in [1.165, 1.54) is 0 Å². The molecule has 2 aromatic carbocycles. The fourth-order valence-electron chi connectivity index (χ4n) is 4.32. The molecule has 0 radical (unpaired) electrons. The molecule has 2 heterocycles. The van der Waals surface area contributed by atoms with Crippen molar-refractivity contribution in [1.82, 2.24) is 15.5 Å². The highest BCUT2D eigenvalue weighted by atomic mass is 16.5. The van der Waals surface area contributed by atoms with Gasteiger partial charge in [0.25, 0.3) is 11.8 Å². The Balaban J connectivity index is 0.00000176. The van der Waals surface area contributed by atoms with Crippen LogP contribution in [0, 0.1) is 0 Å². The highest BCUT2D eigenvalue weighted by molar-refractivity contribution is 6.15. The van der Waals surface area contributed by atoms with E-state index in [1.54, 1.807) is 30.5 Å². The third-order valence-corrected chi connectivity index (χ3v) is 6.15. The minimum atomic E-state index is -1.00. The van der Waals surface area contributed by atoms with E-state index in [-0.39, 0.29) is 11.8 Å². The van der Waals surface area contributed by atoms with Gasteiger partial charge in [-0.15, -0.1) is 13.2 Å². The van der Waals surface area contributed by atoms with E-state index in [0.717, 1.165) is 23.2 Å². The van der Waals surface area contributed by atoms with Gasteiger partial charge in [0, 0.05) is 44.0 Å². The van der Waals surface area contributed by atoms with Gasteiger partial charge in [-0.1, -0.05) is 36.9 Å². The van der Waals surface area contributed by atoms with Crippen molar-refractivity contribution in [1.29, 1.82) is 0 Å². The standard InChI is InChI=1S/C26H29N5O3.C2H4/c1-4-27-12-13-28-16-19-5-8-21(9-6-19)26(25(33)29-18(2)30-26)11-14-31-17-20-7-10-22(34-3)15-23(20)24(31)32;1-2/h5-10,12-13,15,30H,2,4,11,14,16-17H2,1,3H3,(H,29,33);1-2H2/t26-;/m1./s1. The number of fused-ring (bicyclic) bond motifs is 1. The van der Waals surface area contributed by atoms with Crippen LogP contribution in [-0.2, 0) is 23.4 Å². The number of benzene rings is 2. The number of carbonyl (C=O) groups is 2. The largest absolute Gasteiger partial charge is 0.497 e. The number of nitrogens with one attached hydrogen (secondary N) is 2. The molecular formula is C28H33N5O3. The Hall–Kier alpha value is -4.20. The van der Waals surface area contributed by atoms with Crippen molar-refractivity contribution < 1.29 is 14.3 Å². The maximum atomic E-state index is 13.1. The van der Waals surface area contributed by atoms with Crippen LogP contribution in [0.25, 0.3) is 0 Å². The summed E-state index contributed by atoms with van der Waals surface area (Å²) in [4.78, 5) is 36.3. The van der Waals surface area contributed by atoms with Gasteiger partial charge < -0.3 is 20.3 Å². The summed E-state index contributed by atoms with van der Waals surface area (Å²) in [5.41, 5.74) is 2.45. The summed E-state index contributed by atoms with van der Waals surface area (Å²) in [5, 5.41) is 6.03. The third-order valence-electron chi connectivity index (χ3n) is 6.15. The quantitative estimate of drug-likeness (QED) is 0.417. The number of nitrogens with zero attached hydrogens (tertiary/aromatic N) is 3. The van der Waals surface area contributed by atoms with Crippen LogP contribution in [0.5, 0.6) is 5.75 Å². The van der Waals surface area contributed by atoms with Crippen LogP contribution in [-0.4, -0.2) is 49.3 Å². The molecule has 1 fully saturated rings. The van der Waals surface area contributed by atoms with E-state index in [0.29, 0.717) is 43.2 Å². The van der Waals surface area contributed by atoms with Crippen molar-refractivity contribution >= 4 is 24.2 Å². The van der Waals surface area contributed by atoms with Gasteiger partial charge in [0.05, 0.1) is 19.5 Å². The van der Waals surface area contributed by atoms with Crippen LogP contribution >= 0.6 is 0 Å². The van der Waals surface area contributed by atoms with Gasteiger partial charge in [0.15, 0.2) is 0 Å². The van der Waals surface area contributed by atoms with Gasteiger partial charge in [0.1, 0.15) is 11.3 Å². The number of amides is 2. The molecule has 36 heavy (non-hydrogen) atoms. The fraction of sp³-hybridized carbons (Fsp3) is 0.286. The molecule has 2 N–H and O–H groups in total. The van der Waals surface area contributed by atoms with Gasteiger partial charge in [-0.2, -0.15) is 0 Å². The molecule has 0 unspecified atom stereocenters. The average molecular weight is 488 g/mol. The molecule has 0 aromatic heterocycles. The van der Waals surface area contributed by atoms with Crippen LogP contribution < -0.4 is 15.4 Å².